The van der Waals surface area contributed by atoms with E-state index in [4.69, 9.17) is 16.3 Å². The number of carbonyl (C=O) groups is 2. The summed E-state index contributed by atoms with van der Waals surface area (Å²) < 4.78 is 20.1. The van der Waals surface area contributed by atoms with Crippen LogP contribution in [0.15, 0.2) is 71.7 Å². The highest BCUT2D eigenvalue weighted by molar-refractivity contribution is 7.99. The zero-order valence-corrected chi connectivity index (χ0v) is 21.4. The molecule has 0 saturated heterocycles. The van der Waals surface area contributed by atoms with Crippen LogP contribution < -0.4 is 5.32 Å². The Morgan fingerprint density at radius 2 is 1.86 bits per heavy atom. The number of allylic oxidation sites excluding steroid dienone is 1. The van der Waals surface area contributed by atoms with E-state index in [9.17, 15) is 14.0 Å². The van der Waals surface area contributed by atoms with Crippen molar-refractivity contribution >= 4 is 51.6 Å². The van der Waals surface area contributed by atoms with Gasteiger partial charge in [-0.05, 0) is 42.0 Å². The molecule has 2 aromatic carbocycles. The van der Waals surface area contributed by atoms with Gasteiger partial charge in [0.05, 0.1) is 12.9 Å². The molecular weight excluding hydrogens is 523 g/mol. The molecule has 36 heavy (non-hydrogen) atoms. The smallest absolute Gasteiger partial charge is 0.341 e. The molecule has 7 nitrogen and oxygen atoms in total. The van der Waals surface area contributed by atoms with E-state index < -0.39 is 5.97 Å². The molecule has 0 aliphatic heterocycles. The van der Waals surface area contributed by atoms with Crippen molar-refractivity contribution in [2.24, 2.45) is 0 Å². The van der Waals surface area contributed by atoms with Gasteiger partial charge in [-0.25, -0.2) is 9.18 Å². The Kier molecular flexibility index (Phi) is 8.19. The lowest BCUT2D eigenvalue weighted by atomic mass is 10.0. The van der Waals surface area contributed by atoms with Crippen LogP contribution in [0.1, 0.15) is 10.4 Å². The lowest BCUT2D eigenvalue weighted by Crippen LogP contribution is -2.16. The monoisotopic (exact) mass is 542 g/mol. The molecular formula is C25H20ClFN4O3S2. The van der Waals surface area contributed by atoms with Crippen LogP contribution in [0.4, 0.5) is 9.39 Å². The van der Waals surface area contributed by atoms with E-state index in [0.29, 0.717) is 38.7 Å². The fourth-order valence-electron chi connectivity index (χ4n) is 3.39. The Labute approximate surface area is 220 Å². The summed E-state index contributed by atoms with van der Waals surface area (Å²) in [5.74, 6) is -0.673. The summed E-state index contributed by atoms with van der Waals surface area (Å²) in [5, 5.41) is 14.5. The lowest BCUT2D eigenvalue weighted by Gasteiger charge is -2.09. The molecule has 11 heteroatoms. The van der Waals surface area contributed by atoms with E-state index >= 15 is 0 Å². The number of ether oxygens (including phenoxy) is 1. The number of hydrogen-bond donors (Lipinski definition) is 1. The number of thiophene rings is 1. The van der Waals surface area contributed by atoms with E-state index in [1.807, 2.05) is 0 Å². The highest BCUT2D eigenvalue weighted by Gasteiger charge is 2.23. The summed E-state index contributed by atoms with van der Waals surface area (Å²) in [5.41, 5.74) is 2.38. The highest BCUT2D eigenvalue weighted by atomic mass is 35.5. The maximum Gasteiger partial charge on any atom is 0.341 e. The highest BCUT2D eigenvalue weighted by Crippen LogP contribution is 2.37. The molecule has 1 N–H and O–H groups in total. The zero-order chi connectivity index (χ0) is 25.7. The predicted octanol–water partition coefficient (Wildman–Crippen LogP) is 6.17. The maximum atomic E-state index is 13.3. The molecule has 1 amide bonds. The largest absolute Gasteiger partial charge is 0.465 e. The van der Waals surface area contributed by atoms with E-state index in [-0.39, 0.29) is 23.0 Å². The first-order valence-corrected chi connectivity index (χ1v) is 12.8. The Bertz CT molecular complexity index is 1400. The van der Waals surface area contributed by atoms with Crippen LogP contribution in [0.5, 0.6) is 0 Å². The number of amides is 1. The zero-order valence-electron chi connectivity index (χ0n) is 19.0. The number of carbonyl (C=O) groups excluding carboxylic acids is 2. The van der Waals surface area contributed by atoms with Crippen molar-refractivity contribution in [2.45, 2.75) is 11.7 Å². The van der Waals surface area contributed by atoms with Gasteiger partial charge in [0.25, 0.3) is 0 Å². The minimum atomic E-state index is -0.557. The number of aromatic nitrogens is 3. The molecule has 2 heterocycles. The van der Waals surface area contributed by atoms with E-state index in [1.54, 1.807) is 52.4 Å². The van der Waals surface area contributed by atoms with Crippen molar-refractivity contribution in [2.75, 3.05) is 18.2 Å². The number of rotatable bonds is 9. The molecule has 0 saturated carbocycles. The van der Waals surface area contributed by atoms with Crippen LogP contribution in [0, 0.1) is 5.82 Å². The summed E-state index contributed by atoms with van der Waals surface area (Å²) in [6.45, 7) is 4.18. The first-order valence-electron chi connectivity index (χ1n) is 10.6. The third-order valence-corrected chi connectivity index (χ3v) is 7.17. The molecule has 0 fully saturated rings. The van der Waals surface area contributed by atoms with Gasteiger partial charge >= 0.3 is 5.97 Å². The Balaban J connectivity index is 1.52. The Morgan fingerprint density at radius 3 is 2.53 bits per heavy atom. The first-order chi connectivity index (χ1) is 17.4. The maximum absolute atomic E-state index is 13.3. The topological polar surface area (TPSA) is 86.1 Å². The molecule has 0 bridgehead atoms. The van der Waals surface area contributed by atoms with Crippen molar-refractivity contribution in [3.8, 4) is 22.5 Å². The molecule has 184 valence electrons. The standard InChI is InChI=1S/C25H20ClFN4O3S2/c1-3-12-31-22(16-6-10-18(27)11-7-16)29-30-25(31)36-14-20(32)28-23-21(24(33)34-2)19(13-35-23)15-4-8-17(26)9-5-15/h3-11,13H,1,12,14H2,2H3,(H,28,32). The third-order valence-electron chi connectivity index (χ3n) is 5.05. The van der Waals surface area contributed by atoms with Crippen LogP contribution in [0.3, 0.4) is 0 Å². The van der Waals surface area contributed by atoms with Crippen molar-refractivity contribution in [1.29, 1.82) is 0 Å². The van der Waals surface area contributed by atoms with Crippen LogP contribution in [-0.4, -0.2) is 39.5 Å². The van der Waals surface area contributed by atoms with Crippen LogP contribution in [-0.2, 0) is 16.1 Å². The molecule has 4 aromatic rings. The number of thioether (sulfide) groups is 1. The van der Waals surface area contributed by atoms with Gasteiger partial charge in [0, 0.05) is 28.1 Å². The molecule has 0 unspecified atom stereocenters. The molecule has 0 atom stereocenters. The number of nitrogens with zero attached hydrogens (tertiary/aromatic N) is 3. The van der Waals surface area contributed by atoms with E-state index in [2.05, 4.69) is 22.1 Å². The molecule has 4 rings (SSSR count). The summed E-state index contributed by atoms with van der Waals surface area (Å²) in [4.78, 5) is 25.3. The number of methoxy groups -OCH3 is 1. The first kappa shape index (κ1) is 25.6. The van der Waals surface area contributed by atoms with E-state index in [0.717, 1.165) is 5.56 Å². The summed E-state index contributed by atoms with van der Waals surface area (Å²) >= 11 is 8.40. The van der Waals surface area contributed by atoms with Crippen molar-refractivity contribution in [1.82, 2.24) is 14.8 Å². The average Bonchev–Trinajstić information content (AvgIpc) is 3.48. The fourth-order valence-corrected chi connectivity index (χ4v) is 5.24. The van der Waals surface area contributed by atoms with Crippen LogP contribution in [0.2, 0.25) is 5.02 Å². The second-order valence-corrected chi connectivity index (χ2v) is 9.66. The third kappa shape index (κ3) is 5.67. The number of esters is 1. The number of benzene rings is 2. The SMILES string of the molecule is C=CCn1c(SCC(=O)Nc2scc(-c3ccc(Cl)cc3)c2C(=O)OC)nnc1-c1ccc(F)cc1. The van der Waals surface area contributed by atoms with Gasteiger partial charge in [-0.3, -0.25) is 9.36 Å². The van der Waals surface area contributed by atoms with Crippen LogP contribution >= 0.6 is 34.7 Å². The number of halogens is 2. The van der Waals surface area contributed by atoms with Gasteiger partial charge in [0.2, 0.25) is 5.91 Å². The quantitative estimate of drug-likeness (QED) is 0.155. The van der Waals surface area contributed by atoms with Crippen molar-refractivity contribution in [3.63, 3.8) is 0 Å². The Hall–Kier alpha value is -3.47. The van der Waals surface area contributed by atoms with Crippen molar-refractivity contribution < 1.29 is 18.7 Å². The molecule has 0 aliphatic carbocycles. The summed E-state index contributed by atoms with van der Waals surface area (Å²) in [6, 6.07) is 13.0. The Morgan fingerprint density at radius 1 is 1.17 bits per heavy atom. The minimum absolute atomic E-state index is 0.0213. The minimum Gasteiger partial charge on any atom is -0.465 e. The second-order valence-electron chi connectivity index (χ2n) is 7.40. The molecule has 2 aromatic heterocycles. The van der Waals surface area contributed by atoms with Gasteiger partial charge < -0.3 is 10.1 Å². The summed E-state index contributed by atoms with van der Waals surface area (Å²) in [7, 11) is 1.29. The molecule has 0 aliphatic rings. The predicted molar refractivity (Wildman–Crippen MR) is 141 cm³/mol. The fraction of sp³-hybridized carbons (Fsp3) is 0.120. The van der Waals surface area contributed by atoms with Gasteiger partial charge in [-0.15, -0.1) is 28.1 Å². The van der Waals surface area contributed by atoms with Crippen LogP contribution in [0.25, 0.3) is 22.5 Å². The van der Waals surface area contributed by atoms with Crippen molar-refractivity contribution in [3.05, 3.63) is 83.0 Å². The van der Waals surface area contributed by atoms with Gasteiger partial charge in [0.15, 0.2) is 11.0 Å². The number of hydrogen-bond acceptors (Lipinski definition) is 7. The average molecular weight is 543 g/mol. The number of nitrogens with one attached hydrogen (secondary N) is 1. The summed E-state index contributed by atoms with van der Waals surface area (Å²) in [6.07, 6.45) is 1.69. The lowest BCUT2D eigenvalue weighted by molar-refractivity contribution is -0.113. The van der Waals surface area contributed by atoms with E-state index in [1.165, 1.54) is 42.3 Å². The van der Waals surface area contributed by atoms with Gasteiger partial charge in [-0.2, -0.15) is 0 Å². The molecule has 0 spiro atoms. The second kappa shape index (κ2) is 11.5. The van der Waals surface area contributed by atoms with Gasteiger partial charge in [0.1, 0.15) is 16.4 Å². The number of anilines is 1. The van der Waals surface area contributed by atoms with Gasteiger partial charge in [-0.1, -0.05) is 41.6 Å². The molecule has 0 radical (unpaired) electrons. The normalized spacial score (nSPS) is 10.8.